The minimum atomic E-state index is -1.30. The zero-order valence-corrected chi connectivity index (χ0v) is 15.1. The van der Waals surface area contributed by atoms with Crippen LogP contribution in [0.25, 0.3) is 0 Å². The molecular formula is C20H34O4. The highest BCUT2D eigenvalue weighted by molar-refractivity contribution is 5.84. The fourth-order valence-electron chi connectivity index (χ4n) is 2.45. The van der Waals surface area contributed by atoms with Crippen LogP contribution in [0, 0.1) is 0 Å². The fraction of sp³-hybridized carbons (Fsp3) is 0.650. The van der Waals surface area contributed by atoms with Gasteiger partial charge in [0.2, 0.25) is 5.76 Å². The van der Waals surface area contributed by atoms with Gasteiger partial charge in [-0.1, -0.05) is 95.4 Å². The summed E-state index contributed by atoms with van der Waals surface area (Å²) in [6, 6.07) is 0. The molecule has 0 spiro atoms. The molecule has 24 heavy (non-hydrogen) atoms. The van der Waals surface area contributed by atoms with Gasteiger partial charge in [0.1, 0.15) is 0 Å². The van der Waals surface area contributed by atoms with Crippen LogP contribution in [-0.4, -0.2) is 16.3 Å². The van der Waals surface area contributed by atoms with Crippen LogP contribution in [0.2, 0.25) is 0 Å². The molecule has 0 saturated carbocycles. The van der Waals surface area contributed by atoms with Crippen LogP contribution in [0.1, 0.15) is 84.0 Å². The van der Waals surface area contributed by atoms with E-state index in [1.165, 1.54) is 82.8 Å². The van der Waals surface area contributed by atoms with Crippen molar-refractivity contribution in [3.05, 3.63) is 36.1 Å². The standard InChI is InChI=1S/C20H34O4/c1-2-3-4-5-6-7-8-9-10-11-12-13-14-15-16-17-18-19(24-23)20(21)22/h14-18,23H,2-13H2,1H3,(H,21,22). The zero-order valence-electron chi connectivity index (χ0n) is 15.1. The van der Waals surface area contributed by atoms with Gasteiger partial charge in [0.05, 0.1) is 0 Å². The van der Waals surface area contributed by atoms with Crippen LogP contribution >= 0.6 is 0 Å². The van der Waals surface area contributed by atoms with Gasteiger partial charge in [0, 0.05) is 0 Å². The molecule has 4 nitrogen and oxygen atoms in total. The van der Waals surface area contributed by atoms with Gasteiger partial charge >= 0.3 is 5.97 Å². The van der Waals surface area contributed by atoms with Crippen molar-refractivity contribution < 1.29 is 20.0 Å². The van der Waals surface area contributed by atoms with Crippen molar-refractivity contribution in [2.75, 3.05) is 0 Å². The van der Waals surface area contributed by atoms with E-state index in [-0.39, 0.29) is 0 Å². The highest BCUT2D eigenvalue weighted by Crippen LogP contribution is 2.12. The van der Waals surface area contributed by atoms with Gasteiger partial charge < -0.3 is 9.99 Å². The van der Waals surface area contributed by atoms with Gasteiger partial charge in [0.25, 0.3) is 0 Å². The van der Waals surface area contributed by atoms with E-state index >= 15 is 0 Å². The summed E-state index contributed by atoms with van der Waals surface area (Å²) in [5.74, 6) is -1.79. The van der Waals surface area contributed by atoms with Crippen molar-refractivity contribution in [3.8, 4) is 0 Å². The van der Waals surface area contributed by atoms with Crippen LogP contribution in [0.4, 0.5) is 0 Å². The molecule has 0 saturated heterocycles. The molecule has 0 aromatic carbocycles. The molecule has 2 N–H and O–H groups in total. The normalized spacial score (nSPS) is 12.3. The lowest BCUT2D eigenvalue weighted by molar-refractivity contribution is -0.210. The number of carboxylic acids is 1. The summed E-state index contributed by atoms with van der Waals surface area (Å²) in [5, 5.41) is 16.9. The first-order valence-corrected chi connectivity index (χ1v) is 9.30. The molecule has 0 amide bonds. The van der Waals surface area contributed by atoms with E-state index in [0.29, 0.717) is 0 Å². The van der Waals surface area contributed by atoms with Gasteiger partial charge in [-0.05, 0) is 18.9 Å². The minimum absolute atomic E-state index is 0.495. The minimum Gasteiger partial charge on any atom is -0.475 e. The summed E-state index contributed by atoms with van der Waals surface area (Å²) in [4.78, 5) is 14.2. The number of rotatable bonds is 16. The number of carboxylic acid groups (broad SMARTS) is 1. The maximum atomic E-state index is 10.5. The van der Waals surface area contributed by atoms with Crippen LogP contribution in [0.15, 0.2) is 36.1 Å². The Bertz CT molecular complexity index is 383. The van der Waals surface area contributed by atoms with Crippen molar-refractivity contribution in [1.82, 2.24) is 0 Å². The third-order valence-electron chi connectivity index (χ3n) is 3.89. The molecule has 4 heteroatoms. The average Bonchev–Trinajstić information content (AvgIpc) is 2.57. The summed E-state index contributed by atoms with van der Waals surface area (Å²) in [6.07, 6.45) is 24.2. The molecule has 0 bridgehead atoms. The SMILES string of the molecule is CCCCCCCCCCCCCC=CC=CC=C(OO)C(=O)O. The predicted octanol–water partition coefficient (Wildman–Crippen LogP) is 6.26. The second kappa shape index (κ2) is 17.8. The molecule has 0 atom stereocenters. The average molecular weight is 338 g/mol. The molecular weight excluding hydrogens is 304 g/mol. The summed E-state index contributed by atoms with van der Waals surface area (Å²) in [5.41, 5.74) is 0. The third-order valence-corrected chi connectivity index (χ3v) is 3.89. The van der Waals surface area contributed by atoms with Gasteiger partial charge in [-0.2, -0.15) is 0 Å². The highest BCUT2D eigenvalue weighted by Gasteiger charge is 2.05. The maximum Gasteiger partial charge on any atom is 0.375 e. The van der Waals surface area contributed by atoms with Gasteiger partial charge in [0.15, 0.2) is 0 Å². The number of aliphatic carboxylic acids is 1. The Morgan fingerprint density at radius 1 is 0.833 bits per heavy atom. The molecule has 0 radical (unpaired) electrons. The number of hydrogen-bond acceptors (Lipinski definition) is 3. The molecule has 0 aromatic heterocycles. The Labute approximate surface area is 146 Å². The Kier molecular flexibility index (Phi) is 16.6. The van der Waals surface area contributed by atoms with E-state index in [4.69, 9.17) is 10.4 Å². The third kappa shape index (κ3) is 15.3. The Morgan fingerprint density at radius 2 is 1.38 bits per heavy atom. The van der Waals surface area contributed by atoms with Crippen molar-refractivity contribution in [2.45, 2.75) is 84.0 Å². The quantitative estimate of drug-likeness (QED) is 0.0870. The van der Waals surface area contributed by atoms with Crippen LogP contribution < -0.4 is 0 Å². The van der Waals surface area contributed by atoms with Crippen LogP contribution in [-0.2, 0) is 9.68 Å². The van der Waals surface area contributed by atoms with Crippen LogP contribution in [0.5, 0.6) is 0 Å². The molecule has 0 aromatic rings. The second-order valence-electron chi connectivity index (χ2n) is 6.06. The largest absolute Gasteiger partial charge is 0.475 e. The summed E-state index contributed by atoms with van der Waals surface area (Å²) in [7, 11) is 0. The first kappa shape index (κ1) is 22.4. The van der Waals surface area contributed by atoms with E-state index < -0.39 is 11.7 Å². The fourth-order valence-corrected chi connectivity index (χ4v) is 2.45. The lowest BCUT2D eigenvalue weighted by Crippen LogP contribution is -2.01. The zero-order chi connectivity index (χ0) is 17.9. The van der Waals surface area contributed by atoms with E-state index in [9.17, 15) is 4.79 Å². The Hall–Kier alpha value is -1.55. The van der Waals surface area contributed by atoms with E-state index in [1.807, 2.05) is 6.08 Å². The Balaban J connectivity index is 3.42. The smallest absolute Gasteiger partial charge is 0.375 e. The van der Waals surface area contributed by atoms with Gasteiger partial charge in [-0.15, -0.1) is 0 Å². The lowest BCUT2D eigenvalue weighted by Gasteiger charge is -2.01. The highest BCUT2D eigenvalue weighted by atomic mass is 17.1. The predicted molar refractivity (Wildman–Crippen MR) is 98.8 cm³/mol. The first-order valence-electron chi connectivity index (χ1n) is 9.30. The summed E-state index contributed by atoms with van der Waals surface area (Å²) in [6.45, 7) is 2.25. The van der Waals surface area contributed by atoms with Crippen molar-refractivity contribution in [3.63, 3.8) is 0 Å². The van der Waals surface area contributed by atoms with E-state index in [0.717, 1.165) is 6.42 Å². The number of unbranched alkanes of at least 4 members (excludes halogenated alkanes) is 11. The maximum absolute atomic E-state index is 10.5. The topological polar surface area (TPSA) is 66.8 Å². The second-order valence-corrected chi connectivity index (χ2v) is 6.06. The molecule has 138 valence electrons. The molecule has 0 aliphatic heterocycles. The van der Waals surface area contributed by atoms with Crippen molar-refractivity contribution in [1.29, 1.82) is 0 Å². The van der Waals surface area contributed by atoms with Crippen molar-refractivity contribution in [2.24, 2.45) is 0 Å². The molecule has 0 unspecified atom stereocenters. The number of hydrogen-bond donors (Lipinski definition) is 2. The molecule has 0 fully saturated rings. The van der Waals surface area contributed by atoms with E-state index in [1.54, 1.807) is 6.08 Å². The van der Waals surface area contributed by atoms with Gasteiger partial charge in [-0.3, -0.25) is 0 Å². The van der Waals surface area contributed by atoms with E-state index in [2.05, 4.69) is 17.9 Å². The van der Waals surface area contributed by atoms with Crippen molar-refractivity contribution >= 4 is 5.97 Å². The molecule has 0 aliphatic carbocycles. The molecule has 0 rings (SSSR count). The Morgan fingerprint density at radius 3 is 1.88 bits per heavy atom. The summed E-state index contributed by atoms with van der Waals surface area (Å²) >= 11 is 0. The molecule has 0 heterocycles. The first-order chi connectivity index (χ1) is 11.7. The van der Waals surface area contributed by atoms with Gasteiger partial charge in [-0.25, -0.2) is 10.1 Å². The number of allylic oxidation sites excluding steroid dienone is 5. The summed E-state index contributed by atoms with van der Waals surface area (Å²) < 4.78 is 0. The van der Waals surface area contributed by atoms with Crippen LogP contribution in [0.3, 0.4) is 0 Å². The lowest BCUT2D eigenvalue weighted by atomic mass is 10.1. The monoisotopic (exact) mass is 338 g/mol. The number of carbonyl (C=O) groups is 1. The molecule has 0 aliphatic rings.